The molecule has 0 saturated carbocycles. The van der Waals surface area contributed by atoms with Crippen LogP contribution in [-0.4, -0.2) is 16.2 Å². The summed E-state index contributed by atoms with van der Waals surface area (Å²) in [6.07, 6.45) is 1.17. The fraction of sp³-hybridized carbons (Fsp3) is 0.0769. The summed E-state index contributed by atoms with van der Waals surface area (Å²) in [7, 11) is 0. The number of rotatable bonds is 2. The number of aromatic carboxylic acids is 1. The molecule has 1 aromatic carbocycles. The second kappa shape index (κ2) is 3.73. The van der Waals surface area contributed by atoms with Crippen molar-refractivity contribution in [1.82, 2.24) is 5.16 Å². The molecule has 0 aliphatic carbocycles. The van der Waals surface area contributed by atoms with Gasteiger partial charge in [0.2, 0.25) is 5.76 Å². The number of carboxylic acids is 1. The zero-order valence-corrected chi connectivity index (χ0v) is 9.51. The first-order valence-electron chi connectivity index (χ1n) is 5.35. The van der Waals surface area contributed by atoms with Crippen LogP contribution in [0, 0.1) is 6.92 Å². The number of aromatic nitrogens is 1. The van der Waals surface area contributed by atoms with Crippen LogP contribution in [0.25, 0.3) is 22.5 Å². The average molecular weight is 243 g/mol. The average Bonchev–Trinajstić information content (AvgIpc) is 2.94. The lowest BCUT2D eigenvalue weighted by atomic mass is 10.1. The summed E-state index contributed by atoms with van der Waals surface area (Å²) in [4.78, 5) is 11.0. The number of benzene rings is 1. The topological polar surface area (TPSA) is 76.5 Å². The number of fused-ring (bicyclic) bond motifs is 1. The minimum absolute atomic E-state index is 0.00263. The number of aryl methyl sites for hydroxylation is 1. The van der Waals surface area contributed by atoms with Gasteiger partial charge in [-0.15, -0.1) is 0 Å². The Balaban J connectivity index is 2.29. The number of para-hydroxylation sites is 1. The van der Waals surface area contributed by atoms with E-state index in [0.717, 1.165) is 10.9 Å². The third kappa shape index (κ3) is 1.41. The molecule has 2 heterocycles. The molecule has 1 N–H and O–H groups in total. The van der Waals surface area contributed by atoms with E-state index in [4.69, 9.17) is 14.0 Å². The number of carboxylic acid groups (broad SMARTS) is 1. The molecule has 3 rings (SSSR count). The van der Waals surface area contributed by atoms with Crippen molar-refractivity contribution in [2.75, 3.05) is 0 Å². The van der Waals surface area contributed by atoms with Crippen molar-refractivity contribution in [1.29, 1.82) is 0 Å². The Morgan fingerprint density at radius 2 is 2.06 bits per heavy atom. The molecular weight excluding hydrogens is 234 g/mol. The minimum atomic E-state index is -1.09. The highest BCUT2D eigenvalue weighted by molar-refractivity contribution is 5.96. The van der Waals surface area contributed by atoms with Crippen molar-refractivity contribution in [3.63, 3.8) is 0 Å². The van der Waals surface area contributed by atoms with E-state index in [-0.39, 0.29) is 11.3 Å². The van der Waals surface area contributed by atoms with Gasteiger partial charge in [0.15, 0.2) is 5.76 Å². The lowest BCUT2D eigenvalue weighted by Gasteiger charge is -1.94. The van der Waals surface area contributed by atoms with Crippen molar-refractivity contribution in [3.05, 3.63) is 41.6 Å². The van der Waals surface area contributed by atoms with Gasteiger partial charge in [0.25, 0.3) is 0 Å². The Hall–Kier alpha value is -2.56. The zero-order valence-electron chi connectivity index (χ0n) is 9.51. The monoisotopic (exact) mass is 243 g/mol. The van der Waals surface area contributed by atoms with Crippen LogP contribution in [0.15, 0.2) is 39.4 Å². The van der Waals surface area contributed by atoms with E-state index in [1.807, 2.05) is 31.2 Å². The maximum Gasteiger partial charge on any atom is 0.341 e. The summed E-state index contributed by atoms with van der Waals surface area (Å²) in [6.45, 7) is 1.86. The summed E-state index contributed by atoms with van der Waals surface area (Å²) >= 11 is 0. The Bertz CT molecular complexity index is 738. The molecule has 0 aliphatic heterocycles. The number of hydrogen-bond donors (Lipinski definition) is 1. The highest BCUT2D eigenvalue weighted by atomic mass is 16.5. The molecule has 0 aliphatic rings. The van der Waals surface area contributed by atoms with E-state index in [0.29, 0.717) is 11.3 Å². The quantitative estimate of drug-likeness (QED) is 0.748. The third-order valence-electron chi connectivity index (χ3n) is 2.85. The standard InChI is InChI=1S/C13H9NO4/c1-7-8-4-2-3-5-10(8)17-11(7)12-9(13(15)16)6-14-18-12/h2-6H,1H3,(H,15,16). The maximum absolute atomic E-state index is 11.0. The van der Waals surface area contributed by atoms with Crippen molar-refractivity contribution < 1.29 is 18.8 Å². The van der Waals surface area contributed by atoms with Crippen molar-refractivity contribution >= 4 is 16.9 Å². The summed E-state index contributed by atoms with van der Waals surface area (Å²) in [6, 6.07) is 7.48. The maximum atomic E-state index is 11.0. The Morgan fingerprint density at radius 3 is 2.78 bits per heavy atom. The lowest BCUT2D eigenvalue weighted by molar-refractivity contribution is 0.0697. The first-order chi connectivity index (χ1) is 8.68. The van der Waals surface area contributed by atoms with Crippen LogP contribution in [0.3, 0.4) is 0 Å². The van der Waals surface area contributed by atoms with Crippen molar-refractivity contribution in [3.8, 4) is 11.5 Å². The van der Waals surface area contributed by atoms with Gasteiger partial charge in [-0.05, 0) is 13.0 Å². The van der Waals surface area contributed by atoms with Crippen LogP contribution in [0.2, 0.25) is 0 Å². The van der Waals surface area contributed by atoms with Crippen LogP contribution in [0.1, 0.15) is 15.9 Å². The first-order valence-corrected chi connectivity index (χ1v) is 5.35. The van der Waals surface area contributed by atoms with Gasteiger partial charge in [0, 0.05) is 10.9 Å². The molecule has 0 unspecified atom stereocenters. The second-order valence-corrected chi connectivity index (χ2v) is 3.93. The van der Waals surface area contributed by atoms with Gasteiger partial charge in [-0.25, -0.2) is 4.79 Å². The van der Waals surface area contributed by atoms with Crippen molar-refractivity contribution in [2.45, 2.75) is 6.92 Å². The van der Waals surface area contributed by atoms with Gasteiger partial charge in [-0.3, -0.25) is 0 Å². The Kier molecular flexibility index (Phi) is 2.19. The Morgan fingerprint density at radius 1 is 1.28 bits per heavy atom. The zero-order chi connectivity index (χ0) is 12.7. The van der Waals surface area contributed by atoms with E-state index in [1.54, 1.807) is 0 Å². The highest BCUT2D eigenvalue weighted by Gasteiger charge is 2.23. The number of carbonyl (C=O) groups is 1. The molecule has 0 bridgehead atoms. The molecule has 18 heavy (non-hydrogen) atoms. The smallest absolute Gasteiger partial charge is 0.341 e. The van der Waals surface area contributed by atoms with Crippen molar-refractivity contribution in [2.24, 2.45) is 0 Å². The van der Waals surface area contributed by atoms with E-state index in [9.17, 15) is 4.79 Å². The molecule has 0 atom stereocenters. The van der Waals surface area contributed by atoms with Crippen LogP contribution < -0.4 is 0 Å². The van der Waals surface area contributed by atoms with Crippen LogP contribution in [0.5, 0.6) is 0 Å². The Labute approximate surface area is 102 Å². The number of hydrogen-bond acceptors (Lipinski definition) is 4. The number of nitrogens with zero attached hydrogens (tertiary/aromatic N) is 1. The molecule has 90 valence electrons. The molecule has 0 saturated heterocycles. The normalized spacial score (nSPS) is 10.9. The van der Waals surface area contributed by atoms with E-state index in [1.165, 1.54) is 6.20 Å². The lowest BCUT2D eigenvalue weighted by Crippen LogP contribution is -1.95. The first kappa shape index (κ1) is 10.6. The molecular formula is C13H9NO4. The van der Waals surface area contributed by atoms with Crippen LogP contribution >= 0.6 is 0 Å². The summed E-state index contributed by atoms with van der Waals surface area (Å²) in [5, 5.41) is 13.5. The molecule has 5 heteroatoms. The van der Waals surface area contributed by atoms with E-state index >= 15 is 0 Å². The third-order valence-corrected chi connectivity index (χ3v) is 2.85. The van der Waals surface area contributed by atoms with Crippen LogP contribution in [-0.2, 0) is 0 Å². The molecule has 0 spiro atoms. The fourth-order valence-electron chi connectivity index (χ4n) is 1.95. The van der Waals surface area contributed by atoms with Gasteiger partial charge >= 0.3 is 5.97 Å². The summed E-state index contributed by atoms with van der Waals surface area (Å²) in [5.74, 6) is -0.534. The van der Waals surface area contributed by atoms with Gasteiger partial charge < -0.3 is 14.0 Å². The van der Waals surface area contributed by atoms with E-state index in [2.05, 4.69) is 5.16 Å². The minimum Gasteiger partial charge on any atom is -0.477 e. The number of furan rings is 1. The molecule has 0 amide bonds. The second-order valence-electron chi connectivity index (χ2n) is 3.93. The molecule has 0 fully saturated rings. The summed E-state index contributed by atoms with van der Waals surface area (Å²) < 4.78 is 10.6. The van der Waals surface area contributed by atoms with E-state index < -0.39 is 5.97 Å². The fourth-order valence-corrected chi connectivity index (χ4v) is 1.95. The van der Waals surface area contributed by atoms with Gasteiger partial charge in [0.1, 0.15) is 11.1 Å². The molecule has 0 radical (unpaired) electrons. The predicted molar refractivity (Wildman–Crippen MR) is 63.4 cm³/mol. The summed E-state index contributed by atoms with van der Waals surface area (Å²) in [5.41, 5.74) is 1.53. The predicted octanol–water partition coefficient (Wildman–Crippen LogP) is 3.09. The highest BCUT2D eigenvalue weighted by Crippen LogP contribution is 2.34. The van der Waals surface area contributed by atoms with Gasteiger partial charge in [-0.1, -0.05) is 23.4 Å². The molecule has 5 nitrogen and oxygen atoms in total. The largest absolute Gasteiger partial charge is 0.477 e. The molecule has 2 aromatic heterocycles. The SMILES string of the molecule is Cc1c(-c2oncc2C(=O)O)oc2ccccc12. The van der Waals surface area contributed by atoms with Crippen LogP contribution in [0.4, 0.5) is 0 Å². The molecule has 3 aromatic rings. The van der Waals surface area contributed by atoms with Gasteiger partial charge in [-0.2, -0.15) is 0 Å². The van der Waals surface area contributed by atoms with Gasteiger partial charge in [0.05, 0.1) is 6.20 Å².